The van der Waals surface area contributed by atoms with Crippen LogP contribution in [0.1, 0.15) is 41.5 Å². The van der Waals surface area contributed by atoms with Crippen LogP contribution in [0.4, 0.5) is 17.3 Å². The Kier molecular flexibility index (Phi) is 6.40. The molecular weight excluding hydrogens is 508 g/mol. The number of hydrogen-bond donors (Lipinski definition) is 4. The van der Waals surface area contributed by atoms with E-state index >= 15 is 0 Å². The molecule has 5 aromatic rings. The highest BCUT2D eigenvalue weighted by Gasteiger charge is 2.36. The minimum absolute atomic E-state index is 0.144. The second-order valence-electron chi connectivity index (χ2n) is 9.86. The lowest BCUT2D eigenvalue weighted by molar-refractivity contribution is 0.0940. The summed E-state index contributed by atoms with van der Waals surface area (Å²) in [4.78, 5) is 25.6. The Morgan fingerprint density at radius 2 is 1.80 bits per heavy atom. The van der Waals surface area contributed by atoms with Crippen molar-refractivity contribution in [3.05, 3.63) is 96.1 Å². The van der Waals surface area contributed by atoms with Crippen molar-refractivity contribution in [2.45, 2.75) is 25.4 Å². The normalized spacial score (nSPS) is 14.3. The molecule has 6 rings (SSSR count). The van der Waals surface area contributed by atoms with Crippen LogP contribution in [0.15, 0.2) is 83.7 Å². The van der Waals surface area contributed by atoms with Gasteiger partial charge in [0.25, 0.3) is 11.8 Å². The Labute approximate surface area is 229 Å². The minimum atomic E-state index is -0.581. The average molecular weight is 535 g/mol. The van der Waals surface area contributed by atoms with E-state index in [9.17, 15) is 9.90 Å². The van der Waals surface area contributed by atoms with Crippen LogP contribution in [0.3, 0.4) is 0 Å². The third-order valence-electron chi connectivity index (χ3n) is 6.60. The highest BCUT2D eigenvalue weighted by Crippen LogP contribution is 2.34. The summed E-state index contributed by atoms with van der Waals surface area (Å²) in [7, 11) is 0. The van der Waals surface area contributed by atoms with Gasteiger partial charge in [-0.3, -0.25) is 9.78 Å². The lowest BCUT2D eigenvalue weighted by Crippen LogP contribution is -2.33. The number of carbonyl (C=O) groups excluding carboxylic acids is 1. The molecule has 1 aromatic carbocycles. The lowest BCUT2D eigenvalue weighted by atomic mass is 10.0. The zero-order chi connectivity index (χ0) is 27.7. The lowest BCUT2D eigenvalue weighted by Gasteiger charge is -2.20. The summed E-state index contributed by atoms with van der Waals surface area (Å²) in [6.07, 6.45) is 4.93. The molecule has 1 atom stereocenters. The van der Waals surface area contributed by atoms with Gasteiger partial charge in [-0.2, -0.15) is 0 Å². The topological polar surface area (TPSA) is 151 Å². The third-order valence-corrected chi connectivity index (χ3v) is 6.60. The summed E-state index contributed by atoms with van der Waals surface area (Å²) >= 11 is 0. The maximum absolute atomic E-state index is 12.3. The zero-order valence-electron chi connectivity index (χ0n) is 21.8. The average Bonchev–Trinajstić information content (AvgIpc) is 3.55. The molecule has 0 unspecified atom stereocenters. The van der Waals surface area contributed by atoms with Crippen molar-refractivity contribution in [2.75, 3.05) is 17.2 Å². The van der Waals surface area contributed by atoms with Crippen molar-refractivity contribution in [2.24, 2.45) is 0 Å². The number of pyridine rings is 3. The van der Waals surface area contributed by atoms with Crippen LogP contribution in [0.25, 0.3) is 22.9 Å². The van der Waals surface area contributed by atoms with Gasteiger partial charge >= 0.3 is 0 Å². The predicted molar refractivity (Wildman–Crippen MR) is 149 cm³/mol. The largest absolute Gasteiger partial charge is 0.416 e. The molecule has 0 spiro atoms. The quantitative estimate of drug-likeness (QED) is 0.225. The van der Waals surface area contributed by atoms with Crippen LogP contribution in [-0.2, 0) is 5.54 Å². The van der Waals surface area contributed by atoms with E-state index < -0.39 is 11.6 Å². The highest BCUT2D eigenvalue weighted by molar-refractivity contribution is 5.99. The van der Waals surface area contributed by atoms with Gasteiger partial charge in [0.05, 0.1) is 46.3 Å². The molecule has 11 heteroatoms. The fraction of sp³-hybridized carbons (Fsp3) is 0.172. The Hall–Kier alpha value is -5.16. The smallest absolute Gasteiger partial charge is 0.253 e. The number of carbonyl (C=O) groups is 1. The van der Waals surface area contributed by atoms with Gasteiger partial charge in [-0.05, 0) is 43.7 Å². The Balaban J connectivity index is 1.36. The van der Waals surface area contributed by atoms with Crippen molar-refractivity contribution in [3.8, 4) is 22.9 Å². The van der Waals surface area contributed by atoms with Crippen LogP contribution < -0.4 is 16.0 Å². The van der Waals surface area contributed by atoms with Crippen molar-refractivity contribution < 1.29 is 14.3 Å². The molecule has 4 aromatic heterocycles. The molecule has 0 radical (unpaired) electrons. The number of anilines is 3. The first-order valence-corrected chi connectivity index (χ1v) is 12.7. The van der Waals surface area contributed by atoms with Crippen molar-refractivity contribution in [1.82, 2.24) is 30.5 Å². The van der Waals surface area contributed by atoms with Crippen molar-refractivity contribution in [1.29, 1.82) is 0 Å². The number of aromatic nitrogens is 5. The van der Waals surface area contributed by atoms with Crippen LogP contribution in [0, 0.1) is 0 Å². The highest BCUT2D eigenvalue weighted by atomic mass is 16.4. The first-order valence-electron chi connectivity index (χ1n) is 12.7. The monoisotopic (exact) mass is 534 g/mol. The molecule has 40 heavy (non-hydrogen) atoms. The van der Waals surface area contributed by atoms with Gasteiger partial charge in [0.15, 0.2) is 0 Å². The zero-order valence-corrected chi connectivity index (χ0v) is 21.8. The number of nitrogens with one attached hydrogen (secondary N) is 3. The van der Waals surface area contributed by atoms with Gasteiger partial charge in [-0.15, -0.1) is 10.2 Å². The van der Waals surface area contributed by atoms with Gasteiger partial charge in [-0.25, -0.2) is 9.97 Å². The van der Waals surface area contributed by atoms with Gasteiger partial charge in [-0.1, -0.05) is 30.3 Å². The Morgan fingerprint density at radius 1 is 0.975 bits per heavy atom. The summed E-state index contributed by atoms with van der Waals surface area (Å²) in [6, 6.07) is 18.1. The van der Waals surface area contributed by atoms with E-state index in [-0.39, 0.29) is 18.4 Å². The summed E-state index contributed by atoms with van der Waals surface area (Å²) in [5, 5.41) is 28.2. The van der Waals surface area contributed by atoms with E-state index in [1.807, 2.05) is 50.2 Å². The molecule has 200 valence electrons. The summed E-state index contributed by atoms with van der Waals surface area (Å²) in [5.41, 5.74) is 3.40. The number of aliphatic hydroxyl groups excluding tert-OH is 1. The SMILES string of the molecule is CC1(C)NC(=O)c2ccc(Nc3cc(N[C@H](CO)c4ccccc4)c(-c4nnc(-c5cccnc5)o4)cn3)nc21. The molecule has 1 amide bonds. The number of hydrogen-bond acceptors (Lipinski definition) is 10. The maximum atomic E-state index is 12.3. The molecule has 1 aliphatic rings. The molecule has 11 nitrogen and oxygen atoms in total. The maximum Gasteiger partial charge on any atom is 0.253 e. The first-order chi connectivity index (χ1) is 19.4. The molecule has 0 fully saturated rings. The fourth-order valence-electron chi connectivity index (χ4n) is 4.59. The van der Waals surface area contributed by atoms with Crippen LogP contribution in [0.2, 0.25) is 0 Å². The second-order valence-corrected chi connectivity index (χ2v) is 9.86. The molecule has 5 heterocycles. The predicted octanol–water partition coefficient (Wildman–Crippen LogP) is 4.46. The molecule has 0 saturated carbocycles. The second kappa shape index (κ2) is 10.2. The van der Waals surface area contributed by atoms with E-state index in [0.717, 1.165) is 5.56 Å². The van der Waals surface area contributed by atoms with Gasteiger partial charge in [0.2, 0.25) is 5.89 Å². The number of fused-ring (bicyclic) bond motifs is 1. The fourth-order valence-corrected chi connectivity index (χ4v) is 4.59. The van der Waals surface area contributed by atoms with E-state index in [2.05, 4.69) is 41.1 Å². The van der Waals surface area contributed by atoms with Crippen molar-refractivity contribution in [3.63, 3.8) is 0 Å². The van der Waals surface area contributed by atoms with Crippen LogP contribution >= 0.6 is 0 Å². The summed E-state index contributed by atoms with van der Waals surface area (Å²) in [5.74, 6) is 1.46. The van der Waals surface area contributed by atoms with E-state index in [0.29, 0.717) is 45.6 Å². The number of aliphatic hydroxyl groups is 1. The number of nitrogens with zero attached hydrogens (tertiary/aromatic N) is 5. The van der Waals surface area contributed by atoms with Crippen LogP contribution in [-0.4, -0.2) is 42.8 Å². The Morgan fingerprint density at radius 3 is 2.58 bits per heavy atom. The minimum Gasteiger partial charge on any atom is -0.416 e. The molecule has 1 aliphatic heterocycles. The van der Waals surface area contributed by atoms with Crippen molar-refractivity contribution >= 4 is 23.2 Å². The molecule has 4 N–H and O–H groups in total. The standard InChI is InChI=1S/C29H26N8O3/c1-29(2)25-19(26(39)35-29)10-11-23(34-25)33-24-13-21(32-22(16-38)17-7-4-3-5-8-17)20(15-31-24)28-37-36-27(40-28)18-9-6-12-30-14-18/h3-15,22,38H,16H2,1-2H3,(H,35,39)(H2,31,32,33,34)/t22-/m1/s1. The molecule has 0 aliphatic carbocycles. The Bertz CT molecular complexity index is 1670. The molecule has 0 saturated heterocycles. The molecular formula is C29H26N8O3. The van der Waals surface area contributed by atoms with E-state index in [4.69, 9.17) is 4.42 Å². The summed E-state index contributed by atoms with van der Waals surface area (Å²) in [6.45, 7) is 3.67. The van der Waals surface area contributed by atoms with Gasteiger partial charge < -0.3 is 25.5 Å². The van der Waals surface area contributed by atoms with Crippen LogP contribution in [0.5, 0.6) is 0 Å². The molecule has 0 bridgehead atoms. The number of benzene rings is 1. The van der Waals surface area contributed by atoms with E-state index in [1.54, 1.807) is 42.9 Å². The van der Waals surface area contributed by atoms with E-state index in [1.165, 1.54) is 0 Å². The number of amides is 1. The third kappa shape index (κ3) is 4.85. The number of rotatable bonds is 8. The van der Waals surface area contributed by atoms with Gasteiger partial charge in [0.1, 0.15) is 11.6 Å². The first kappa shape index (κ1) is 25.1. The van der Waals surface area contributed by atoms with Gasteiger partial charge in [0, 0.05) is 24.7 Å². The summed E-state index contributed by atoms with van der Waals surface area (Å²) < 4.78 is 5.98.